The van der Waals surface area contributed by atoms with E-state index in [-0.39, 0.29) is 42.3 Å². The van der Waals surface area contributed by atoms with E-state index in [0.717, 1.165) is 34.3 Å². The van der Waals surface area contributed by atoms with E-state index < -0.39 is 16.1 Å². The molecule has 18 nitrogen and oxygen atoms in total. The first kappa shape index (κ1) is 56.7. The van der Waals surface area contributed by atoms with Gasteiger partial charge >= 0.3 is 0 Å². The average molecular weight is 1160 g/mol. The number of nitrogens with zero attached hydrogens (tertiary/aromatic N) is 10. The van der Waals surface area contributed by atoms with Crippen LogP contribution in [0.25, 0.3) is 55.5 Å². The molecule has 78 heavy (non-hydrogen) atoms. The van der Waals surface area contributed by atoms with E-state index in [1.54, 1.807) is 66.3 Å². The minimum Gasteiger partial charge on any atom is -0.361 e. The summed E-state index contributed by atoms with van der Waals surface area (Å²) in [6, 6.07) is 18.2. The summed E-state index contributed by atoms with van der Waals surface area (Å²) in [5.41, 5.74) is 8.15. The highest BCUT2D eigenvalue weighted by Gasteiger charge is 2.24. The topological polar surface area (TPSA) is 221 Å². The molecule has 0 aliphatic heterocycles. The highest BCUT2D eigenvalue weighted by Crippen LogP contribution is 2.29. The number of carbonyl (C=O) groups excluding carboxylic acids is 2. The van der Waals surface area contributed by atoms with E-state index in [1.807, 2.05) is 49.6 Å². The van der Waals surface area contributed by atoms with Crippen molar-refractivity contribution in [3.8, 4) is 11.4 Å². The van der Waals surface area contributed by atoms with Crippen LogP contribution in [0.5, 0.6) is 0 Å². The van der Waals surface area contributed by atoms with Crippen LogP contribution in [-0.2, 0) is 22.9 Å². The molecule has 0 spiro atoms. The van der Waals surface area contributed by atoms with E-state index in [2.05, 4.69) is 111 Å². The Morgan fingerprint density at radius 3 is 1.71 bits per heavy atom. The van der Waals surface area contributed by atoms with E-state index in [1.165, 1.54) is 24.3 Å². The Kier molecular flexibility index (Phi) is 18.1. The van der Waals surface area contributed by atoms with Crippen molar-refractivity contribution in [2.24, 2.45) is 0 Å². The maximum absolute atomic E-state index is 13.7. The Bertz CT molecular complexity index is 3680. The number of halogens is 3. The van der Waals surface area contributed by atoms with Crippen molar-refractivity contribution < 1.29 is 27.8 Å². The van der Waals surface area contributed by atoms with Gasteiger partial charge in [0.15, 0.2) is 11.3 Å². The Balaban J connectivity index is 0.000000176. The molecule has 0 aliphatic rings. The number of carbonyl (C=O) groups is 2. The third-order valence-corrected chi connectivity index (χ3v) is 16.4. The number of fused-ring (bicyclic) bond motifs is 4. The lowest BCUT2D eigenvalue weighted by atomic mass is 10.1. The van der Waals surface area contributed by atoms with Crippen LogP contribution >= 0.6 is 15.9 Å². The molecule has 10 aromatic rings. The average Bonchev–Trinajstić information content (AvgIpc) is 4.22. The minimum absolute atomic E-state index is 0.156. The van der Waals surface area contributed by atoms with Gasteiger partial charge in [0.05, 0.1) is 46.6 Å². The van der Waals surface area contributed by atoms with Crippen LogP contribution in [0.1, 0.15) is 63.5 Å². The lowest BCUT2D eigenvalue weighted by molar-refractivity contribution is 0.0885. The number of hydrogen-bond acceptors (Lipinski definition) is 12. The van der Waals surface area contributed by atoms with Crippen LogP contribution in [0.2, 0.25) is 51.4 Å². The van der Waals surface area contributed by atoms with Crippen molar-refractivity contribution >= 4 is 88.0 Å². The van der Waals surface area contributed by atoms with Gasteiger partial charge in [0, 0.05) is 89.1 Å². The second kappa shape index (κ2) is 24.9. The van der Waals surface area contributed by atoms with Gasteiger partial charge in [-0.2, -0.15) is 10.2 Å². The van der Waals surface area contributed by atoms with E-state index in [4.69, 9.17) is 14.5 Å². The van der Waals surface area contributed by atoms with Crippen molar-refractivity contribution in [1.29, 1.82) is 0 Å². The molecule has 2 unspecified atom stereocenters. The molecule has 8 heterocycles. The summed E-state index contributed by atoms with van der Waals surface area (Å²) in [6.45, 7) is 21.5. The standard InChI is InChI=1S/C27H30FN7O2Si.C20H26BrN5O2Si.C8H7FN2/c1-17(18-7-9-29-10-8-18)31-27(36)21-15-35(16-37-11-12-38(2,3)4)26-25(21)32-23(14-30-26)24-20-6-5-19(28)13-22(20)33-34-24;1-14(15-5-7-22-8-6-15)24-20(27)16-12-26(13-28-9-10-29(2,3)4)19-18(16)25-17(21)11-23-19;1-5-7-3-2-6(9)4-8(7)11-10-5/h5-10,13-15,17H,11-12,16H2,1-4H3,(H,31,36)(H,33,34);5-8,11-12,14H,9-10,13H2,1-4H3,(H,24,27);2-4H,1H3,(H,10,11). The van der Waals surface area contributed by atoms with Gasteiger partial charge in [0.2, 0.25) is 0 Å². The first-order valence-corrected chi connectivity index (χ1v) is 33.6. The van der Waals surface area contributed by atoms with Crippen LogP contribution in [0.3, 0.4) is 0 Å². The van der Waals surface area contributed by atoms with Crippen molar-refractivity contribution in [1.82, 2.24) is 70.1 Å². The Labute approximate surface area is 460 Å². The molecule has 0 bridgehead atoms. The summed E-state index contributed by atoms with van der Waals surface area (Å²) in [7, 11) is -2.40. The minimum atomic E-state index is -1.24. The highest BCUT2D eigenvalue weighted by molar-refractivity contribution is 9.10. The zero-order valence-corrected chi connectivity index (χ0v) is 48.6. The van der Waals surface area contributed by atoms with Crippen LogP contribution in [-0.4, -0.2) is 101 Å². The molecule has 0 saturated heterocycles. The Morgan fingerprint density at radius 1 is 0.667 bits per heavy atom. The number of ether oxygens (including phenoxy) is 2. The molecule has 8 aromatic heterocycles. The molecule has 10 rings (SSSR count). The van der Waals surface area contributed by atoms with Crippen molar-refractivity contribution in [3.63, 3.8) is 0 Å². The molecule has 0 fully saturated rings. The SMILES string of the molecule is CC(NC(=O)c1cn(COCC[Si](C)(C)C)c2ncc(-c3n[nH]c4cc(F)ccc34)nc12)c1ccncc1.CC(NC(=O)c1cn(COCC[Si](C)(C)C)c2ncc(Br)nc12)c1ccncc1.Cc1[nH]nc2cc(F)ccc12. The largest absolute Gasteiger partial charge is 0.361 e. The fraction of sp³-hybridized carbons (Fsp3) is 0.309. The summed E-state index contributed by atoms with van der Waals surface area (Å²) in [5, 5.41) is 21.7. The number of amides is 2. The molecular weight excluding hydrogens is 1090 g/mol. The number of aromatic nitrogens is 12. The number of hydrogen-bond donors (Lipinski definition) is 4. The number of rotatable bonds is 17. The van der Waals surface area contributed by atoms with Crippen LogP contribution in [0.15, 0.2) is 115 Å². The summed E-state index contributed by atoms with van der Waals surface area (Å²) in [6.07, 6.45) is 13.5. The Hall–Kier alpha value is -7.45. The maximum Gasteiger partial charge on any atom is 0.255 e. The molecule has 2 aromatic carbocycles. The lowest BCUT2D eigenvalue weighted by Gasteiger charge is -2.15. The third-order valence-electron chi connectivity index (χ3n) is 12.6. The van der Waals surface area contributed by atoms with Gasteiger partial charge < -0.3 is 29.2 Å². The first-order chi connectivity index (χ1) is 37.2. The van der Waals surface area contributed by atoms with Crippen molar-refractivity contribution in [2.75, 3.05) is 13.2 Å². The van der Waals surface area contributed by atoms with Crippen LogP contribution in [0, 0.1) is 18.6 Å². The van der Waals surface area contributed by atoms with Crippen LogP contribution < -0.4 is 10.6 Å². The zero-order valence-electron chi connectivity index (χ0n) is 45.0. The van der Waals surface area contributed by atoms with E-state index >= 15 is 0 Å². The maximum atomic E-state index is 13.7. The molecule has 23 heteroatoms. The monoisotopic (exact) mass is 1160 g/mol. The summed E-state index contributed by atoms with van der Waals surface area (Å²) >= 11 is 3.35. The van der Waals surface area contributed by atoms with Crippen molar-refractivity contribution in [2.45, 2.75) is 97.7 Å². The number of benzene rings is 2. The molecule has 406 valence electrons. The summed E-state index contributed by atoms with van der Waals surface area (Å²) in [5.74, 6) is -1.08. The smallest absolute Gasteiger partial charge is 0.255 e. The number of aryl methyl sites for hydroxylation is 1. The van der Waals surface area contributed by atoms with E-state index in [9.17, 15) is 18.4 Å². The third kappa shape index (κ3) is 14.6. The number of nitrogens with one attached hydrogen (secondary N) is 4. The lowest BCUT2D eigenvalue weighted by Crippen LogP contribution is -2.26. The van der Waals surface area contributed by atoms with Gasteiger partial charge in [0.1, 0.15) is 52.1 Å². The molecule has 0 aliphatic carbocycles. The fourth-order valence-corrected chi connectivity index (χ4v) is 9.93. The highest BCUT2D eigenvalue weighted by atomic mass is 79.9. The molecule has 0 radical (unpaired) electrons. The van der Waals surface area contributed by atoms with Gasteiger partial charge in [-0.15, -0.1) is 0 Å². The summed E-state index contributed by atoms with van der Waals surface area (Å²) < 4.78 is 42.3. The van der Waals surface area contributed by atoms with Crippen molar-refractivity contribution in [3.05, 3.63) is 154 Å². The van der Waals surface area contributed by atoms with Gasteiger partial charge in [0.25, 0.3) is 11.8 Å². The molecule has 4 N–H and O–H groups in total. The fourth-order valence-electron chi connectivity index (χ4n) is 8.13. The number of H-pyrrole nitrogens is 2. The molecule has 2 amide bonds. The predicted molar refractivity (Wildman–Crippen MR) is 307 cm³/mol. The van der Waals surface area contributed by atoms with Gasteiger partial charge in [-0.3, -0.25) is 29.8 Å². The second-order valence-electron chi connectivity index (χ2n) is 21.2. The molecular formula is C55H63BrF2N14O4Si2. The quantitative estimate of drug-likeness (QED) is 0.0494. The van der Waals surface area contributed by atoms with Gasteiger partial charge in [-0.25, -0.2) is 28.7 Å². The van der Waals surface area contributed by atoms with Gasteiger partial charge in [-0.05, 0) is 115 Å². The predicted octanol–water partition coefficient (Wildman–Crippen LogP) is 11.7. The van der Waals surface area contributed by atoms with Gasteiger partial charge in [-0.1, -0.05) is 39.3 Å². The Morgan fingerprint density at radius 2 is 1.17 bits per heavy atom. The van der Waals surface area contributed by atoms with Crippen LogP contribution in [0.4, 0.5) is 8.78 Å². The number of pyridine rings is 2. The molecule has 2 atom stereocenters. The van der Waals surface area contributed by atoms with E-state index in [0.29, 0.717) is 85.8 Å². The first-order valence-electron chi connectivity index (χ1n) is 25.4. The second-order valence-corrected chi connectivity index (χ2v) is 33.3. The molecule has 0 saturated carbocycles. The number of aromatic amines is 2. The normalized spacial score (nSPS) is 12.5. The summed E-state index contributed by atoms with van der Waals surface area (Å²) in [4.78, 5) is 52.9. The zero-order chi connectivity index (χ0) is 55.7.